The first kappa shape index (κ1) is 11.2. The fourth-order valence-electron chi connectivity index (χ4n) is 3.11. The van der Waals surface area contributed by atoms with E-state index in [4.69, 9.17) is 0 Å². The Morgan fingerprint density at radius 2 is 2.24 bits per heavy atom. The molecule has 1 unspecified atom stereocenters. The Labute approximate surface area is 103 Å². The van der Waals surface area contributed by atoms with E-state index in [0.29, 0.717) is 0 Å². The molecule has 2 aliphatic heterocycles. The summed E-state index contributed by atoms with van der Waals surface area (Å²) in [5.74, 6) is 0. The van der Waals surface area contributed by atoms with Crippen LogP contribution in [-0.4, -0.2) is 47.0 Å². The van der Waals surface area contributed by atoms with E-state index < -0.39 is 0 Å². The molecule has 0 saturated carbocycles. The third-order valence-corrected chi connectivity index (χ3v) is 4.05. The molecule has 92 valence electrons. The van der Waals surface area contributed by atoms with Crippen molar-refractivity contribution in [2.24, 2.45) is 0 Å². The molecule has 0 aromatic carbocycles. The van der Waals surface area contributed by atoms with Crippen LogP contribution in [0.4, 0.5) is 0 Å². The highest BCUT2D eigenvalue weighted by atomic mass is 15.3. The summed E-state index contributed by atoms with van der Waals surface area (Å²) in [5.41, 5.74) is 1.34. The molecule has 0 spiro atoms. The third kappa shape index (κ3) is 2.67. The number of nitrogens with zero attached hydrogens (tertiary/aromatic N) is 3. The second-order valence-corrected chi connectivity index (χ2v) is 5.28. The summed E-state index contributed by atoms with van der Waals surface area (Å²) in [7, 11) is 0. The largest absolute Gasteiger partial charge is 0.298 e. The molecular weight excluding hydrogens is 210 g/mol. The van der Waals surface area contributed by atoms with E-state index in [1.54, 1.807) is 0 Å². The number of piperidine rings is 1. The van der Waals surface area contributed by atoms with Crippen LogP contribution in [0.2, 0.25) is 0 Å². The standard InChI is InChI=1S/C14H21N3/c1-2-7-17-9-8-16(12-14(17)5-1)11-13-4-3-6-15-10-13/h3-4,6,10,14H,1-2,5,7-9,11-12H2. The minimum atomic E-state index is 0.814. The minimum absolute atomic E-state index is 0.814. The molecule has 2 aliphatic rings. The van der Waals surface area contributed by atoms with Crippen molar-refractivity contribution in [3.63, 3.8) is 0 Å². The van der Waals surface area contributed by atoms with E-state index in [0.717, 1.165) is 12.6 Å². The maximum absolute atomic E-state index is 4.19. The SMILES string of the molecule is c1cncc(CN2CCN3CCCCC3C2)c1. The highest BCUT2D eigenvalue weighted by Gasteiger charge is 2.28. The van der Waals surface area contributed by atoms with Gasteiger partial charge in [0.15, 0.2) is 0 Å². The second-order valence-electron chi connectivity index (χ2n) is 5.28. The lowest BCUT2D eigenvalue weighted by atomic mass is 9.99. The normalized spacial score (nSPS) is 26.7. The van der Waals surface area contributed by atoms with Crippen molar-refractivity contribution in [2.75, 3.05) is 26.2 Å². The van der Waals surface area contributed by atoms with Crippen molar-refractivity contribution in [2.45, 2.75) is 31.8 Å². The predicted molar refractivity (Wildman–Crippen MR) is 68.7 cm³/mol. The highest BCUT2D eigenvalue weighted by Crippen LogP contribution is 2.21. The Kier molecular flexibility index (Phi) is 3.39. The summed E-state index contributed by atoms with van der Waals surface area (Å²) in [6, 6.07) is 5.03. The van der Waals surface area contributed by atoms with Gasteiger partial charge in [0.1, 0.15) is 0 Å². The van der Waals surface area contributed by atoms with Crippen LogP contribution in [0, 0.1) is 0 Å². The van der Waals surface area contributed by atoms with Gasteiger partial charge in [-0.2, -0.15) is 0 Å². The zero-order valence-corrected chi connectivity index (χ0v) is 10.4. The average molecular weight is 231 g/mol. The number of hydrogen-bond acceptors (Lipinski definition) is 3. The fraction of sp³-hybridized carbons (Fsp3) is 0.643. The lowest BCUT2D eigenvalue weighted by molar-refractivity contribution is 0.0456. The third-order valence-electron chi connectivity index (χ3n) is 4.05. The lowest BCUT2D eigenvalue weighted by Gasteiger charge is -2.44. The van der Waals surface area contributed by atoms with Crippen molar-refractivity contribution in [1.82, 2.24) is 14.8 Å². The molecule has 0 amide bonds. The van der Waals surface area contributed by atoms with Gasteiger partial charge in [0.2, 0.25) is 0 Å². The summed E-state index contributed by atoms with van der Waals surface area (Å²) in [6.45, 7) is 6.11. The molecule has 3 heteroatoms. The van der Waals surface area contributed by atoms with Crippen LogP contribution >= 0.6 is 0 Å². The molecule has 17 heavy (non-hydrogen) atoms. The van der Waals surface area contributed by atoms with E-state index >= 15 is 0 Å². The second kappa shape index (κ2) is 5.15. The Balaban J connectivity index is 1.59. The van der Waals surface area contributed by atoms with Gasteiger partial charge in [0, 0.05) is 44.6 Å². The number of aromatic nitrogens is 1. The van der Waals surface area contributed by atoms with E-state index in [-0.39, 0.29) is 0 Å². The van der Waals surface area contributed by atoms with Crippen molar-refractivity contribution in [1.29, 1.82) is 0 Å². The van der Waals surface area contributed by atoms with Crippen LogP contribution in [0.3, 0.4) is 0 Å². The molecule has 0 aliphatic carbocycles. The topological polar surface area (TPSA) is 19.4 Å². The Bertz CT molecular complexity index is 352. The molecule has 3 heterocycles. The van der Waals surface area contributed by atoms with Crippen molar-refractivity contribution >= 4 is 0 Å². The van der Waals surface area contributed by atoms with Gasteiger partial charge in [0.05, 0.1) is 0 Å². The summed E-state index contributed by atoms with van der Waals surface area (Å²) >= 11 is 0. The number of fused-ring (bicyclic) bond motifs is 1. The molecule has 1 atom stereocenters. The van der Waals surface area contributed by atoms with E-state index in [9.17, 15) is 0 Å². The zero-order valence-electron chi connectivity index (χ0n) is 10.4. The molecule has 1 aromatic rings. The van der Waals surface area contributed by atoms with Crippen molar-refractivity contribution in [3.05, 3.63) is 30.1 Å². The molecule has 0 radical (unpaired) electrons. The molecule has 3 rings (SSSR count). The first-order chi connectivity index (χ1) is 8.42. The van der Waals surface area contributed by atoms with Crippen molar-refractivity contribution in [3.8, 4) is 0 Å². The first-order valence-electron chi connectivity index (χ1n) is 6.77. The smallest absolute Gasteiger partial charge is 0.0312 e. The molecule has 2 fully saturated rings. The van der Waals surface area contributed by atoms with Crippen LogP contribution in [0.25, 0.3) is 0 Å². The number of pyridine rings is 1. The summed E-state index contributed by atoms with van der Waals surface area (Å²) in [5, 5.41) is 0. The monoisotopic (exact) mass is 231 g/mol. The minimum Gasteiger partial charge on any atom is -0.298 e. The summed E-state index contributed by atoms with van der Waals surface area (Å²) < 4.78 is 0. The molecule has 2 saturated heterocycles. The number of piperazine rings is 1. The van der Waals surface area contributed by atoms with Crippen molar-refractivity contribution < 1.29 is 0 Å². The van der Waals surface area contributed by atoms with Gasteiger partial charge in [-0.15, -0.1) is 0 Å². The molecule has 0 bridgehead atoms. The van der Waals surface area contributed by atoms with Gasteiger partial charge >= 0.3 is 0 Å². The number of rotatable bonds is 2. The first-order valence-corrected chi connectivity index (χ1v) is 6.77. The van der Waals surface area contributed by atoms with E-state index in [1.807, 2.05) is 18.5 Å². The Morgan fingerprint density at radius 1 is 1.24 bits per heavy atom. The summed E-state index contributed by atoms with van der Waals surface area (Å²) in [6.07, 6.45) is 8.06. The lowest BCUT2D eigenvalue weighted by Crippen LogP contribution is -2.54. The Morgan fingerprint density at radius 3 is 3.12 bits per heavy atom. The Hall–Kier alpha value is -0.930. The predicted octanol–water partition coefficient (Wildman–Crippen LogP) is 1.75. The molecule has 1 aromatic heterocycles. The van der Waals surface area contributed by atoms with Crippen LogP contribution < -0.4 is 0 Å². The summed E-state index contributed by atoms with van der Waals surface area (Å²) in [4.78, 5) is 9.47. The molecule has 0 N–H and O–H groups in total. The van der Waals surface area contributed by atoms with Gasteiger partial charge < -0.3 is 0 Å². The van der Waals surface area contributed by atoms with Crippen LogP contribution in [0.1, 0.15) is 24.8 Å². The average Bonchev–Trinajstić information content (AvgIpc) is 2.40. The number of hydrogen-bond donors (Lipinski definition) is 0. The highest BCUT2D eigenvalue weighted by molar-refractivity contribution is 5.08. The van der Waals surface area contributed by atoms with E-state index in [1.165, 1.54) is 51.0 Å². The molecular formula is C14H21N3. The van der Waals surface area contributed by atoms with Gasteiger partial charge in [-0.05, 0) is 31.0 Å². The zero-order chi connectivity index (χ0) is 11.5. The fourth-order valence-corrected chi connectivity index (χ4v) is 3.11. The van der Waals surface area contributed by atoms with Gasteiger partial charge in [-0.25, -0.2) is 0 Å². The van der Waals surface area contributed by atoms with Crippen LogP contribution in [-0.2, 0) is 6.54 Å². The maximum atomic E-state index is 4.19. The van der Waals surface area contributed by atoms with Crippen LogP contribution in [0.5, 0.6) is 0 Å². The van der Waals surface area contributed by atoms with E-state index in [2.05, 4.69) is 20.9 Å². The molecule has 3 nitrogen and oxygen atoms in total. The van der Waals surface area contributed by atoms with Gasteiger partial charge in [-0.3, -0.25) is 14.8 Å². The van der Waals surface area contributed by atoms with Gasteiger partial charge in [0.25, 0.3) is 0 Å². The van der Waals surface area contributed by atoms with Gasteiger partial charge in [-0.1, -0.05) is 12.5 Å². The quantitative estimate of drug-likeness (QED) is 0.773. The maximum Gasteiger partial charge on any atom is 0.0312 e. The van der Waals surface area contributed by atoms with Crippen LogP contribution in [0.15, 0.2) is 24.5 Å².